The highest BCUT2D eigenvalue weighted by Crippen LogP contribution is 2.38. The fourth-order valence-corrected chi connectivity index (χ4v) is 7.54. The molecule has 0 rings (SSSR count). The summed E-state index contributed by atoms with van der Waals surface area (Å²) in [5.74, 6) is -0.341. The number of ether oxygens (including phenoxy) is 2. The Morgan fingerprint density at radius 1 is 0.525 bits per heavy atom. The predicted octanol–water partition coefficient (Wildman–Crippen LogP) is 14.3. The number of unbranched alkanes of at least 4 members (excludes halogenated alkanes) is 26. The number of carbonyl (C=O) groups excluding carboxylic acids is 1. The van der Waals surface area contributed by atoms with Gasteiger partial charge in [0.1, 0.15) is 19.3 Å². The van der Waals surface area contributed by atoms with Gasteiger partial charge in [-0.1, -0.05) is 179 Å². The molecule has 0 aliphatic heterocycles. The summed E-state index contributed by atoms with van der Waals surface area (Å²) in [5, 5.41) is 0. The van der Waals surface area contributed by atoms with Crippen molar-refractivity contribution >= 4 is 13.8 Å². The molecular weight excluding hydrogens is 758 g/mol. The topological polar surface area (TPSA) is 94.1 Å². The van der Waals surface area contributed by atoms with E-state index in [0.717, 1.165) is 44.9 Å². The van der Waals surface area contributed by atoms with Crippen molar-refractivity contribution in [3.05, 3.63) is 36.5 Å². The van der Waals surface area contributed by atoms with Crippen LogP contribution in [0.1, 0.15) is 219 Å². The summed E-state index contributed by atoms with van der Waals surface area (Å²) >= 11 is 0. The van der Waals surface area contributed by atoms with Gasteiger partial charge in [0.25, 0.3) is 7.82 Å². The van der Waals surface area contributed by atoms with Gasteiger partial charge < -0.3 is 27.9 Å². The van der Waals surface area contributed by atoms with E-state index < -0.39 is 13.9 Å². The lowest BCUT2D eigenvalue weighted by Crippen LogP contribution is -2.37. The highest BCUT2D eigenvalue weighted by Gasteiger charge is 2.20. The fourth-order valence-electron chi connectivity index (χ4n) is 6.81. The van der Waals surface area contributed by atoms with E-state index in [2.05, 4.69) is 50.3 Å². The van der Waals surface area contributed by atoms with E-state index in [0.29, 0.717) is 24.1 Å². The summed E-state index contributed by atoms with van der Waals surface area (Å²) in [4.78, 5) is 25.1. The molecule has 0 saturated carbocycles. The first-order valence-corrected chi connectivity index (χ1v) is 26.2. The zero-order valence-electron chi connectivity index (χ0n) is 39.5. The smallest absolute Gasteiger partial charge is 0.306 e. The predicted molar refractivity (Wildman–Crippen MR) is 250 cm³/mol. The summed E-state index contributed by atoms with van der Waals surface area (Å²) in [6.07, 6.45) is 51.6. The second-order valence-corrected chi connectivity index (χ2v) is 19.2. The van der Waals surface area contributed by atoms with Crippen LogP contribution in [0.2, 0.25) is 0 Å². The molecule has 0 spiro atoms. The zero-order chi connectivity index (χ0) is 43.4. The number of hydrogen-bond acceptors (Lipinski definition) is 7. The standard InChI is InChI=1S/C50H96NO7P/c1-6-8-10-12-14-16-18-20-22-24-25-26-28-30-32-34-36-38-40-42-45-55-47-49(48-57-59(53,54)56-46-44-51(3,4)5)58-50(52)43-41-39-37-35-33-31-29-27-23-21-19-17-15-13-11-9-7-2/h15,17,20-23,49H,6-14,16,18-19,24-48H2,1-5H3/b17-15-,22-20-,23-21-. The summed E-state index contributed by atoms with van der Waals surface area (Å²) in [6.45, 7) is 5.40. The van der Waals surface area contributed by atoms with E-state index in [1.807, 2.05) is 21.1 Å². The highest BCUT2D eigenvalue weighted by atomic mass is 31.2. The monoisotopic (exact) mass is 854 g/mol. The molecule has 0 saturated heterocycles. The Morgan fingerprint density at radius 2 is 0.932 bits per heavy atom. The maximum absolute atomic E-state index is 12.7. The number of rotatable bonds is 46. The van der Waals surface area contributed by atoms with Gasteiger partial charge in [-0.25, -0.2) is 0 Å². The Kier molecular flexibility index (Phi) is 42.4. The molecule has 0 aromatic rings. The second kappa shape index (κ2) is 43.4. The average Bonchev–Trinajstić information content (AvgIpc) is 3.19. The zero-order valence-corrected chi connectivity index (χ0v) is 40.4. The van der Waals surface area contributed by atoms with Crippen molar-refractivity contribution in [3.8, 4) is 0 Å². The van der Waals surface area contributed by atoms with E-state index >= 15 is 0 Å². The lowest BCUT2D eigenvalue weighted by molar-refractivity contribution is -0.870. The van der Waals surface area contributed by atoms with Crippen LogP contribution >= 0.6 is 7.82 Å². The Labute approximate surface area is 365 Å². The van der Waals surface area contributed by atoms with E-state index in [4.69, 9.17) is 18.5 Å². The molecule has 0 N–H and O–H groups in total. The first-order chi connectivity index (χ1) is 28.6. The van der Waals surface area contributed by atoms with Crippen molar-refractivity contribution < 1.29 is 37.3 Å². The number of hydrogen-bond donors (Lipinski definition) is 0. The molecule has 0 fully saturated rings. The summed E-state index contributed by atoms with van der Waals surface area (Å²) in [6, 6.07) is 0. The van der Waals surface area contributed by atoms with Crippen LogP contribution in [0.25, 0.3) is 0 Å². The van der Waals surface area contributed by atoms with Crippen molar-refractivity contribution in [1.82, 2.24) is 0 Å². The van der Waals surface area contributed by atoms with Gasteiger partial charge in [-0.3, -0.25) is 9.36 Å². The third-order valence-corrected chi connectivity index (χ3v) is 11.6. The fraction of sp³-hybridized carbons (Fsp3) is 0.860. The maximum atomic E-state index is 12.7. The number of carbonyl (C=O) groups is 1. The quantitative estimate of drug-likeness (QED) is 0.0198. The number of allylic oxidation sites excluding steroid dienone is 6. The summed E-state index contributed by atoms with van der Waals surface area (Å²) in [7, 11) is 1.35. The molecule has 0 aliphatic carbocycles. The molecule has 0 aliphatic rings. The molecule has 8 nitrogen and oxygen atoms in total. The first kappa shape index (κ1) is 57.7. The van der Waals surface area contributed by atoms with Gasteiger partial charge in [0, 0.05) is 13.0 Å². The minimum absolute atomic E-state index is 0.0245. The lowest BCUT2D eigenvalue weighted by Gasteiger charge is -2.28. The summed E-state index contributed by atoms with van der Waals surface area (Å²) < 4.78 is 34.7. The van der Waals surface area contributed by atoms with Crippen molar-refractivity contribution in [2.75, 3.05) is 54.1 Å². The van der Waals surface area contributed by atoms with Gasteiger partial charge in [-0.05, 0) is 70.6 Å². The minimum Gasteiger partial charge on any atom is -0.756 e. The van der Waals surface area contributed by atoms with Crippen LogP contribution in [0, 0.1) is 0 Å². The Bertz CT molecular complexity index is 1040. The molecule has 0 aromatic carbocycles. The molecule has 0 radical (unpaired) electrons. The number of quaternary nitrogens is 1. The van der Waals surface area contributed by atoms with Gasteiger partial charge >= 0.3 is 5.97 Å². The van der Waals surface area contributed by atoms with Crippen LogP contribution in [0.5, 0.6) is 0 Å². The minimum atomic E-state index is -4.53. The summed E-state index contributed by atoms with van der Waals surface area (Å²) in [5.41, 5.74) is 0. The number of esters is 1. The molecule has 2 unspecified atom stereocenters. The molecule has 0 amide bonds. The van der Waals surface area contributed by atoms with Crippen LogP contribution < -0.4 is 4.89 Å². The Balaban J connectivity index is 4.16. The number of phosphoric acid groups is 1. The highest BCUT2D eigenvalue weighted by molar-refractivity contribution is 7.45. The Morgan fingerprint density at radius 3 is 1.42 bits per heavy atom. The van der Waals surface area contributed by atoms with Crippen molar-refractivity contribution in [2.45, 2.75) is 225 Å². The van der Waals surface area contributed by atoms with E-state index in [-0.39, 0.29) is 25.8 Å². The SMILES string of the molecule is CCCCC/C=C\C/C=C\CCCCCCCCCC(=O)OC(COCCCCCCCCCCCC/C=C\CCCCCCCC)COP(=O)([O-])OCC[N+](C)(C)C. The molecule has 0 bridgehead atoms. The molecule has 2 atom stereocenters. The second-order valence-electron chi connectivity index (χ2n) is 17.8. The first-order valence-electron chi connectivity index (χ1n) is 24.7. The van der Waals surface area contributed by atoms with Gasteiger partial charge in [-0.15, -0.1) is 0 Å². The molecule has 0 heterocycles. The maximum Gasteiger partial charge on any atom is 0.306 e. The van der Waals surface area contributed by atoms with Crippen molar-refractivity contribution in [1.29, 1.82) is 0 Å². The number of phosphoric ester groups is 1. The average molecular weight is 854 g/mol. The van der Waals surface area contributed by atoms with Gasteiger partial charge in [-0.2, -0.15) is 0 Å². The molecule has 9 heteroatoms. The van der Waals surface area contributed by atoms with Crippen molar-refractivity contribution in [3.63, 3.8) is 0 Å². The van der Waals surface area contributed by atoms with E-state index in [1.165, 1.54) is 154 Å². The van der Waals surface area contributed by atoms with Gasteiger partial charge in [0.15, 0.2) is 0 Å². The third kappa shape index (κ3) is 47.6. The van der Waals surface area contributed by atoms with Crippen LogP contribution in [0.4, 0.5) is 0 Å². The van der Waals surface area contributed by atoms with Crippen LogP contribution in [0.15, 0.2) is 36.5 Å². The van der Waals surface area contributed by atoms with E-state index in [1.54, 1.807) is 0 Å². The van der Waals surface area contributed by atoms with E-state index in [9.17, 15) is 14.3 Å². The van der Waals surface area contributed by atoms with Gasteiger partial charge in [0.2, 0.25) is 0 Å². The molecule has 59 heavy (non-hydrogen) atoms. The van der Waals surface area contributed by atoms with Gasteiger partial charge in [0.05, 0.1) is 34.4 Å². The lowest BCUT2D eigenvalue weighted by atomic mass is 10.1. The Hall–Kier alpha value is -1.28. The molecular formula is C50H96NO7P. The largest absolute Gasteiger partial charge is 0.756 e. The normalized spacial score (nSPS) is 13.9. The molecule has 0 aromatic heterocycles. The molecule has 348 valence electrons. The van der Waals surface area contributed by atoms with Crippen molar-refractivity contribution in [2.24, 2.45) is 0 Å². The van der Waals surface area contributed by atoms with Crippen LogP contribution in [-0.4, -0.2) is 70.7 Å². The third-order valence-electron chi connectivity index (χ3n) is 10.7. The number of nitrogens with zero attached hydrogens (tertiary/aromatic N) is 1. The van der Waals surface area contributed by atoms with Crippen LogP contribution in [0.3, 0.4) is 0 Å². The number of likely N-dealkylation sites (N-methyl/N-ethyl adjacent to an activating group) is 1. The van der Waals surface area contributed by atoms with Crippen LogP contribution in [-0.2, 0) is 27.9 Å².